The second kappa shape index (κ2) is 3.59. The molecule has 1 atom stereocenters. The fourth-order valence-electron chi connectivity index (χ4n) is 2.11. The Morgan fingerprint density at radius 1 is 1.38 bits per heavy atom. The number of sulfone groups is 1. The summed E-state index contributed by atoms with van der Waals surface area (Å²) in [5, 5.41) is -0.748. The van der Waals surface area contributed by atoms with Crippen LogP contribution in [0.25, 0.3) is 0 Å². The van der Waals surface area contributed by atoms with Crippen LogP contribution in [0.2, 0.25) is 0 Å². The number of fused-ring (bicyclic) bond motifs is 1. The minimum atomic E-state index is -3.39. The number of carbonyl (C=O) groups excluding carboxylic acids is 1. The minimum absolute atomic E-state index is 0.236. The lowest BCUT2D eigenvalue weighted by Crippen LogP contribution is -2.38. The van der Waals surface area contributed by atoms with E-state index in [0.29, 0.717) is 12.1 Å². The van der Waals surface area contributed by atoms with Crippen molar-refractivity contribution in [2.75, 3.05) is 4.90 Å². The molecule has 1 aliphatic heterocycles. The van der Waals surface area contributed by atoms with Gasteiger partial charge in [-0.15, -0.1) is 0 Å². The zero-order valence-corrected chi connectivity index (χ0v) is 9.99. The number of nitrogens with zero attached hydrogens (tertiary/aromatic N) is 1. The van der Waals surface area contributed by atoms with E-state index in [9.17, 15) is 13.2 Å². The van der Waals surface area contributed by atoms with Crippen molar-refractivity contribution in [3.8, 4) is 0 Å². The van der Waals surface area contributed by atoms with Crippen LogP contribution < -0.4 is 4.90 Å². The van der Waals surface area contributed by atoms with Gasteiger partial charge in [0.05, 0.1) is 10.6 Å². The highest BCUT2D eigenvalue weighted by Crippen LogP contribution is 2.39. The summed E-state index contributed by atoms with van der Waals surface area (Å²) in [4.78, 5) is 13.2. The fourth-order valence-corrected chi connectivity index (χ4v) is 4.11. The Bertz CT molecular complexity index is 536. The van der Waals surface area contributed by atoms with Gasteiger partial charge in [-0.1, -0.05) is 19.1 Å². The Hall–Kier alpha value is -1.36. The maximum Gasteiger partial charge on any atom is 0.225 e. The molecule has 0 saturated heterocycles. The van der Waals surface area contributed by atoms with Crippen LogP contribution >= 0.6 is 0 Å². The third-order valence-corrected chi connectivity index (χ3v) is 4.98. The van der Waals surface area contributed by atoms with E-state index in [4.69, 9.17) is 0 Å². The fraction of sp³-hybridized carbons (Fsp3) is 0.364. The molecule has 0 saturated carbocycles. The Balaban J connectivity index is 2.71. The van der Waals surface area contributed by atoms with Crippen molar-refractivity contribution in [3.63, 3.8) is 0 Å². The van der Waals surface area contributed by atoms with Crippen LogP contribution in [0, 0.1) is 0 Å². The van der Waals surface area contributed by atoms with Crippen LogP contribution in [0.4, 0.5) is 5.69 Å². The molecule has 16 heavy (non-hydrogen) atoms. The molecule has 0 N–H and O–H groups in total. The first-order valence-corrected chi connectivity index (χ1v) is 6.67. The first-order chi connectivity index (χ1) is 7.50. The Morgan fingerprint density at radius 3 is 2.56 bits per heavy atom. The molecule has 0 aromatic heterocycles. The van der Waals surface area contributed by atoms with Crippen molar-refractivity contribution in [2.24, 2.45) is 0 Å². The summed E-state index contributed by atoms with van der Waals surface area (Å²) in [6.07, 6.45) is 0.399. The lowest BCUT2D eigenvalue weighted by Gasteiger charge is -2.21. The van der Waals surface area contributed by atoms with E-state index in [-0.39, 0.29) is 10.8 Å². The van der Waals surface area contributed by atoms with E-state index >= 15 is 0 Å². The molecule has 0 bridgehead atoms. The topological polar surface area (TPSA) is 54.5 Å². The predicted octanol–water partition coefficient (Wildman–Crippen LogP) is 1.56. The summed E-state index contributed by atoms with van der Waals surface area (Å²) in [7, 11) is -3.39. The molecule has 0 aliphatic carbocycles. The molecule has 0 spiro atoms. The van der Waals surface area contributed by atoms with Crippen LogP contribution in [-0.2, 0) is 14.6 Å². The van der Waals surface area contributed by atoms with E-state index in [2.05, 4.69) is 0 Å². The Labute approximate surface area is 94.8 Å². The normalized spacial score (nSPS) is 21.9. The van der Waals surface area contributed by atoms with E-state index in [1.807, 2.05) is 0 Å². The van der Waals surface area contributed by atoms with Crippen molar-refractivity contribution >= 4 is 21.4 Å². The van der Waals surface area contributed by atoms with Crippen LogP contribution in [0.3, 0.4) is 0 Å². The van der Waals surface area contributed by atoms with E-state index in [1.54, 1.807) is 31.2 Å². The summed E-state index contributed by atoms with van der Waals surface area (Å²) in [5.74, 6) is -0.236. The predicted molar refractivity (Wildman–Crippen MR) is 60.9 cm³/mol. The molecule has 1 aromatic carbocycles. The quantitative estimate of drug-likeness (QED) is 0.747. The number of hydrogen-bond acceptors (Lipinski definition) is 3. The highest BCUT2D eigenvalue weighted by Gasteiger charge is 2.43. The van der Waals surface area contributed by atoms with Crippen molar-refractivity contribution in [1.29, 1.82) is 0 Å². The molecule has 1 amide bonds. The zero-order chi connectivity index (χ0) is 11.9. The van der Waals surface area contributed by atoms with Crippen molar-refractivity contribution in [1.82, 2.24) is 0 Å². The van der Waals surface area contributed by atoms with Gasteiger partial charge < -0.3 is 0 Å². The van der Waals surface area contributed by atoms with Gasteiger partial charge in [-0.05, 0) is 18.6 Å². The lowest BCUT2D eigenvalue weighted by atomic mass is 10.2. The molecule has 2 rings (SSSR count). The highest BCUT2D eigenvalue weighted by atomic mass is 32.2. The van der Waals surface area contributed by atoms with Gasteiger partial charge in [0.1, 0.15) is 5.37 Å². The summed E-state index contributed by atoms with van der Waals surface area (Å²) in [5.41, 5.74) is 0.502. The molecule has 0 fully saturated rings. The highest BCUT2D eigenvalue weighted by molar-refractivity contribution is 7.92. The Morgan fingerprint density at radius 2 is 2.00 bits per heavy atom. The van der Waals surface area contributed by atoms with Crippen LogP contribution in [0.15, 0.2) is 29.2 Å². The summed E-state index contributed by atoms with van der Waals surface area (Å²) in [6, 6.07) is 6.63. The van der Waals surface area contributed by atoms with Gasteiger partial charge in [-0.25, -0.2) is 8.42 Å². The molecule has 0 radical (unpaired) electrons. The number of para-hydroxylation sites is 1. The van der Waals surface area contributed by atoms with Gasteiger partial charge in [0.15, 0.2) is 0 Å². The Kier molecular flexibility index (Phi) is 2.50. The van der Waals surface area contributed by atoms with Gasteiger partial charge in [-0.3, -0.25) is 9.69 Å². The van der Waals surface area contributed by atoms with E-state index < -0.39 is 15.2 Å². The first-order valence-electron chi connectivity index (χ1n) is 5.13. The lowest BCUT2D eigenvalue weighted by molar-refractivity contribution is -0.116. The van der Waals surface area contributed by atoms with Crippen LogP contribution in [-0.4, -0.2) is 19.7 Å². The van der Waals surface area contributed by atoms with Gasteiger partial charge in [-0.2, -0.15) is 0 Å². The molecular weight excluding hydrogens is 226 g/mol. The van der Waals surface area contributed by atoms with Gasteiger partial charge in [0.2, 0.25) is 15.7 Å². The van der Waals surface area contributed by atoms with Gasteiger partial charge in [0.25, 0.3) is 0 Å². The number of hydrogen-bond donors (Lipinski definition) is 0. The summed E-state index contributed by atoms with van der Waals surface area (Å²) in [6.45, 7) is 3.16. The second-order valence-corrected chi connectivity index (χ2v) is 5.84. The number of rotatable bonds is 1. The number of benzene rings is 1. The third-order valence-electron chi connectivity index (χ3n) is 2.77. The maximum absolute atomic E-state index is 12.1. The largest absolute Gasteiger partial charge is 0.293 e. The zero-order valence-electron chi connectivity index (χ0n) is 9.17. The molecule has 4 nitrogen and oxygen atoms in total. The van der Waals surface area contributed by atoms with Crippen molar-refractivity contribution in [2.45, 2.75) is 30.5 Å². The minimum Gasteiger partial charge on any atom is -0.293 e. The molecule has 1 heterocycles. The molecule has 86 valence electrons. The molecular formula is C11H13NO3S. The van der Waals surface area contributed by atoms with E-state index in [1.165, 1.54) is 11.8 Å². The van der Waals surface area contributed by atoms with E-state index in [0.717, 1.165) is 0 Å². The monoisotopic (exact) mass is 239 g/mol. The average molecular weight is 239 g/mol. The maximum atomic E-state index is 12.1. The smallest absolute Gasteiger partial charge is 0.225 e. The SMILES string of the molecule is CCC1N(C(C)=O)c2ccccc2S1(=O)=O. The molecule has 1 aliphatic rings. The second-order valence-electron chi connectivity index (χ2n) is 3.76. The number of anilines is 1. The summed E-state index contributed by atoms with van der Waals surface area (Å²) < 4.78 is 24.3. The molecule has 1 aromatic rings. The van der Waals surface area contributed by atoms with Gasteiger partial charge in [0, 0.05) is 6.92 Å². The van der Waals surface area contributed by atoms with Crippen molar-refractivity contribution in [3.05, 3.63) is 24.3 Å². The van der Waals surface area contributed by atoms with Crippen molar-refractivity contribution < 1.29 is 13.2 Å². The van der Waals surface area contributed by atoms with Crippen LogP contribution in [0.5, 0.6) is 0 Å². The molecule has 5 heteroatoms. The number of amides is 1. The summed E-state index contributed by atoms with van der Waals surface area (Å²) >= 11 is 0. The average Bonchev–Trinajstić information content (AvgIpc) is 2.47. The number of carbonyl (C=O) groups is 1. The van der Waals surface area contributed by atoms with Crippen LogP contribution in [0.1, 0.15) is 20.3 Å². The first kappa shape index (κ1) is 11.1. The van der Waals surface area contributed by atoms with Gasteiger partial charge >= 0.3 is 0 Å². The standard InChI is InChI=1S/C11H13NO3S/c1-3-11-12(8(2)13)9-6-4-5-7-10(9)16(11,14)15/h4-7,11H,3H2,1-2H3. The third kappa shape index (κ3) is 1.35. The molecule has 1 unspecified atom stereocenters.